The number of rotatable bonds is 0. The Bertz CT molecular complexity index is 270. The first-order valence-corrected chi connectivity index (χ1v) is 2.99. The number of aromatic nitrogens is 1. The smallest absolute Gasteiger partial charge is 0.195 e. The van der Waals surface area contributed by atoms with E-state index < -0.39 is 0 Å². The number of pyridine rings is 1. The zero-order chi connectivity index (χ0) is 6.81. The fourth-order valence-electron chi connectivity index (χ4n) is 0.797. The molecule has 1 aromatic rings. The van der Waals surface area contributed by atoms with Gasteiger partial charge in [0.25, 0.3) is 0 Å². The number of nitrogens with zero attached hydrogens (tertiary/aromatic N) is 2. The molecule has 0 unspecified atom stereocenters. The van der Waals surface area contributed by atoms with E-state index in [0.29, 0.717) is 12.4 Å². The van der Waals surface area contributed by atoms with E-state index in [1.54, 1.807) is 18.3 Å². The summed E-state index contributed by atoms with van der Waals surface area (Å²) in [6.07, 6.45) is 4.36. The molecular formula is C7H5N2O. The van der Waals surface area contributed by atoms with E-state index in [4.69, 9.17) is 4.74 Å². The van der Waals surface area contributed by atoms with E-state index >= 15 is 0 Å². The Morgan fingerprint density at radius 1 is 1.60 bits per heavy atom. The van der Waals surface area contributed by atoms with Crippen molar-refractivity contribution in [1.82, 2.24) is 4.98 Å². The Kier molecular flexibility index (Phi) is 1.13. The van der Waals surface area contributed by atoms with Crippen LogP contribution in [0.15, 0.2) is 17.1 Å². The number of fused-ring (bicyclic) bond motifs is 1. The highest BCUT2D eigenvalue weighted by Gasteiger charge is 2.04. The second kappa shape index (κ2) is 2.10. The molecule has 0 saturated carbocycles. The predicted octanol–water partition coefficient (Wildman–Crippen LogP) is 0.976. The van der Waals surface area contributed by atoms with Crippen molar-refractivity contribution in [2.75, 3.05) is 6.61 Å². The van der Waals surface area contributed by atoms with Crippen molar-refractivity contribution < 1.29 is 4.74 Å². The number of aliphatic imine (C=N–C) groups is 1. The molecule has 0 bridgehead atoms. The second-order valence-electron chi connectivity index (χ2n) is 1.88. The molecule has 0 N–H and O–H groups in total. The highest BCUT2D eigenvalue weighted by molar-refractivity contribution is 5.68. The molecule has 1 radical (unpaired) electrons. The summed E-state index contributed by atoms with van der Waals surface area (Å²) in [5.41, 5.74) is 0. The summed E-state index contributed by atoms with van der Waals surface area (Å²) in [5.74, 6) is 1.36. The SMILES string of the molecule is [c]1ccc2c(n1)N=CCO2. The fraction of sp³-hybridized carbons (Fsp3) is 0.143. The molecule has 49 valence electrons. The average molecular weight is 133 g/mol. The molecule has 0 amide bonds. The lowest BCUT2D eigenvalue weighted by atomic mass is 10.4. The molecule has 0 saturated heterocycles. The maximum Gasteiger partial charge on any atom is 0.195 e. The van der Waals surface area contributed by atoms with E-state index in [9.17, 15) is 0 Å². The Hall–Kier alpha value is -1.38. The first-order valence-electron chi connectivity index (χ1n) is 2.99. The second-order valence-corrected chi connectivity index (χ2v) is 1.88. The van der Waals surface area contributed by atoms with Gasteiger partial charge in [-0.05, 0) is 12.1 Å². The van der Waals surface area contributed by atoms with Crippen molar-refractivity contribution >= 4 is 12.0 Å². The van der Waals surface area contributed by atoms with Gasteiger partial charge < -0.3 is 4.74 Å². The Labute approximate surface area is 58.4 Å². The van der Waals surface area contributed by atoms with Gasteiger partial charge in [0.2, 0.25) is 0 Å². The lowest BCUT2D eigenvalue weighted by Gasteiger charge is -2.08. The standard InChI is InChI=1S/C7H5N2O/c1-2-6-7(8-3-1)9-4-5-10-6/h1-2,4H,5H2. The van der Waals surface area contributed by atoms with Gasteiger partial charge in [-0.1, -0.05) is 0 Å². The van der Waals surface area contributed by atoms with E-state index in [1.165, 1.54) is 0 Å². The van der Waals surface area contributed by atoms with E-state index in [2.05, 4.69) is 16.2 Å². The van der Waals surface area contributed by atoms with Crippen LogP contribution >= 0.6 is 0 Å². The first-order chi connectivity index (χ1) is 4.97. The van der Waals surface area contributed by atoms with Crippen molar-refractivity contribution in [3.05, 3.63) is 18.3 Å². The molecule has 2 rings (SSSR count). The molecule has 0 spiro atoms. The molecule has 1 aliphatic heterocycles. The summed E-state index contributed by atoms with van der Waals surface area (Å²) in [6.45, 7) is 0.540. The summed E-state index contributed by atoms with van der Waals surface area (Å²) in [4.78, 5) is 7.87. The highest BCUT2D eigenvalue weighted by atomic mass is 16.5. The van der Waals surface area contributed by atoms with Crippen LogP contribution in [0.1, 0.15) is 0 Å². The van der Waals surface area contributed by atoms with E-state index in [-0.39, 0.29) is 0 Å². The summed E-state index contributed by atoms with van der Waals surface area (Å²) in [5, 5.41) is 0. The maximum atomic E-state index is 5.19. The maximum absolute atomic E-state index is 5.19. The quantitative estimate of drug-likeness (QED) is 0.528. The Morgan fingerprint density at radius 2 is 2.60 bits per heavy atom. The topological polar surface area (TPSA) is 34.5 Å². The lowest BCUT2D eigenvalue weighted by molar-refractivity contribution is 0.375. The minimum Gasteiger partial charge on any atom is -0.484 e. The molecule has 0 aliphatic carbocycles. The van der Waals surface area contributed by atoms with Crippen LogP contribution in [0.25, 0.3) is 0 Å². The summed E-state index contributed by atoms with van der Waals surface area (Å²) >= 11 is 0. The minimum absolute atomic E-state index is 0.540. The van der Waals surface area contributed by atoms with Crippen LogP contribution in [0.5, 0.6) is 5.75 Å². The zero-order valence-corrected chi connectivity index (χ0v) is 5.24. The normalized spacial score (nSPS) is 14.0. The molecular weight excluding hydrogens is 128 g/mol. The minimum atomic E-state index is 0.540. The first kappa shape index (κ1) is 5.41. The van der Waals surface area contributed by atoms with Crippen LogP contribution in [0.2, 0.25) is 0 Å². The largest absolute Gasteiger partial charge is 0.484 e. The Morgan fingerprint density at radius 3 is 3.50 bits per heavy atom. The third-order valence-electron chi connectivity index (χ3n) is 1.23. The van der Waals surface area contributed by atoms with Gasteiger partial charge >= 0.3 is 0 Å². The van der Waals surface area contributed by atoms with Gasteiger partial charge in [0.1, 0.15) is 6.61 Å². The number of ether oxygens (including phenoxy) is 1. The third-order valence-corrected chi connectivity index (χ3v) is 1.23. The fourth-order valence-corrected chi connectivity index (χ4v) is 0.797. The molecule has 0 fully saturated rings. The van der Waals surface area contributed by atoms with Gasteiger partial charge in [0, 0.05) is 6.21 Å². The van der Waals surface area contributed by atoms with Crippen molar-refractivity contribution in [3.63, 3.8) is 0 Å². The van der Waals surface area contributed by atoms with Crippen LogP contribution in [0.4, 0.5) is 5.82 Å². The van der Waals surface area contributed by atoms with Gasteiger partial charge in [-0.2, -0.15) is 0 Å². The van der Waals surface area contributed by atoms with Crippen molar-refractivity contribution in [3.8, 4) is 5.75 Å². The summed E-state index contributed by atoms with van der Waals surface area (Å²) < 4.78 is 5.19. The average Bonchev–Trinajstić information content (AvgIpc) is 2.05. The van der Waals surface area contributed by atoms with Gasteiger partial charge in [-0.3, -0.25) is 0 Å². The highest BCUT2D eigenvalue weighted by Crippen LogP contribution is 2.24. The molecule has 2 heterocycles. The van der Waals surface area contributed by atoms with Crippen LogP contribution in [0, 0.1) is 6.20 Å². The molecule has 1 aliphatic rings. The van der Waals surface area contributed by atoms with Gasteiger partial charge in [-0.15, -0.1) is 0 Å². The lowest BCUT2D eigenvalue weighted by Crippen LogP contribution is -2.03. The van der Waals surface area contributed by atoms with Gasteiger partial charge in [-0.25, -0.2) is 9.98 Å². The summed E-state index contributed by atoms with van der Waals surface area (Å²) in [6, 6.07) is 3.51. The molecule has 1 aromatic heterocycles. The van der Waals surface area contributed by atoms with Crippen LogP contribution in [-0.4, -0.2) is 17.8 Å². The van der Waals surface area contributed by atoms with Crippen LogP contribution in [-0.2, 0) is 0 Å². The predicted molar refractivity (Wildman–Crippen MR) is 36.7 cm³/mol. The molecule has 0 atom stereocenters. The summed E-state index contributed by atoms with van der Waals surface area (Å²) in [7, 11) is 0. The third kappa shape index (κ3) is 0.757. The van der Waals surface area contributed by atoms with Gasteiger partial charge in [0.15, 0.2) is 11.6 Å². The molecule has 3 nitrogen and oxygen atoms in total. The molecule has 10 heavy (non-hydrogen) atoms. The Balaban J connectivity index is 2.54. The van der Waals surface area contributed by atoms with Crippen molar-refractivity contribution in [2.24, 2.45) is 4.99 Å². The van der Waals surface area contributed by atoms with Crippen LogP contribution in [0.3, 0.4) is 0 Å². The van der Waals surface area contributed by atoms with Crippen molar-refractivity contribution in [1.29, 1.82) is 0 Å². The number of hydrogen-bond acceptors (Lipinski definition) is 3. The molecule has 3 heteroatoms. The monoisotopic (exact) mass is 133 g/mol. The van der Waals surface area contributed by atoms with Crippen molar-refractivity contribution in [2.45, 2.75) is 0 Å². The van der Waals surface area contributed by atoms with E-state index in [1.807, 2.05) is 0 Å². The van der Waals surface area contributed by atoms with E-state index in [0.717, 1.165) is 5.75 Å². The zero-order valence-electron chi connectivity index (χ0n) is 5.24. The molecule has 0 aromatic carbocycles. The van der Waals surface area contributed by atoms with Gasteiger partial charge in [0.05, 0.1) is 6.20 Å². The van der Waals surface area contributed by atoms with Crippen LogP contribution < -0.4 is 4.74 Å². The number of hydrogen-bond donors (Lipinski definition) is 0.